The van der Waals surface area contributed by atoms with Gasteiger partial charge >= 0.3 is 6.18 Å². The van der Waals surface area contributed by atoms with Crippen molar-refractivity contribution < 1.29 is 18.0 Å². The Kier molecular flexibility index (Phi) is 5.17. The van der Waals surface area contributed by atoms with Gasteiger partial charge < -0.3 is 5.32 Å². The van der Waals surface area contributed by atoms with Gasteiger partial charge in [-0.05, 0) is 23.8 Å². The SMILES string of the molecule is Cn1cc(C(=O)Nc2ccccc2-c2ccc(Cl)c(Cl)c2)c(C(F)(F)F)n1. The third kappa shape index (κ3) is 4.09. The van der Waals surface area contributed by atoms with Crippen molar-refractivity contribution in [1.82, 2.24) is 9.78 Å². The van der Waals surface area contributed by atoms with Crippen molar-refractivity contribution in [3.05, 3.63) is 70.0 Å². The summed E-state index contributed by atoms with van der Waals surface area (Å²) < 4.78 is 40.3. The van der Waals surface area contributed by atoms with E-state index in [1.54, 1.807) is 42.5 Å². The minimum absolute atomic E-state index is 0.321. The summed E-state index contributed by atoms with van der Waals surface area (Å²) in [5, 5.41) is 6.55. The number of benzene rings is 2. The Morgan fingerprint density at radius 1 is 1.11 bits per heavy atom. The van der Waals surface area contributed by atoms with Gasteiger partial charge in [-0.3, -0.25) is 9.48 Å². The highest BCUT2D eigenvalue weighted by atomic mass is 35.5. The predicted octanol–water partition coefficient (Wildman–Crippen LogP) is 5.67. The first-order chi connectivity index (χ1) is 12.7. The third-order valence-electron chi connectivity index (χ3n) is 3.75. The van der Waals surface area contributed by atoms with Crippen LogP contribution in [0, 0.1) is 0 Å². The molecule has 27 heavy (non-hydrogen) atoms. The van der Waals surface area contributed by atoms with E-state index in [2.05, 4.69) is 10.4 Å². The fourth-order valence-electron chi connectivity index (χ4n) is 2.56. The lowest BCUT2D eigenvalue weighted by Crippen LogP contribution is -2.18. The number of halogens is 5. The normalized spacial score (nSPS) is 11.5. The van der Waals surface area contributed by atoms with Crippen LogP contribution in [0.25, 0.3) is 11.1 Å². The molecule has 1 N–H and O–H groups in total. The summed E-state index contributed by atoms with van der Waals surface area (Å²) in [7, 11) is 1.32. The molecule has 0 saturated carbocycles. The molecule has 0 aliphatic rings. The molecule has 0 spiro atoms. The maximum atomic E-state index is 13.1. The number of aromatic nitrogens is 2. The number of carbonyl (C=O) groups is 1. The lowest BCUT2D eigenvalue weighted by molar-refractivity contribution is -0.141. The summed E-state index contributed by atoms with van der Waals surface area (Å²) in [6, 6.07) is 11.6. The molecule has 3 aromatic rings. The van der Waals surface area contributed by atoms with Crippen LogP contribution in [0.15, 0.2) is 48.7 Å². The van der Waals surface area contributed by atoms with Crippen molar-refractivity contribution in [3.8, 4) is 11.1 Å². The van der Waals surface area contributed by atoms with Crippen LogP contribution in [0.3, 0.4) is 0 Å². The highest BCUT2D eigenvalue weighted by Crippen LogP contribution is 2.34. The van der Waals surface area contributed by atoms with Crippen LogP contribution in [0.1, 0.15) is 16.1 Å². The van der Waals surface area contributed by atoms with Crippen molar-refractivity contribution in [2.75, 3.05) is 5.32 Å². The fraction of sp³-hybridized carbons (Fsp3) is 0.111. The molecule has 0 aliphatic heterocycles. The van der Waals surface area contributed by atoms with Gasteiger partial charge in [-0.25, -0.2) is 0 Å². The fourth-order valence-corrected chi connectivity index (χ4v) is 2.86. The summed E-state index contributed by atoms with van der Waals surface area (Å²) >= 11 is 12.0. The first-order valence-corrected chi connectivity index (χ1v) is 8.39. The third-order valence-corrected chi connectivity index (χ3v) is 4.49. The van der Waals surface area contributed by atoms with E-state index in [9.17, 15) is 18.0 Å². The van der Waals surface area contributed by atoms with Gasteiger partial charge in [0.15, 0.2) is 5.69 Å². The van der Waals surface area contributed by atoms with E-state index in [4.69, 9.17) is 23.2 Å². The molecular weight excluding hydrogens is 402 g/mol. The number of nitrogens with zero attached hydrogens (tertiary/aromatic N) is 2. The summed E-state index contributed by atoms with van der Waals surface area (Å²) in [6.45, 7) is 0. The van der Waals surface area contributed by atoms with E-state index in [-0.39, 0.29) is 0 Å². The molecule has 0 unspecified atom stereocenters. The van der Waals surface area contributed by atoms with Crippen molar-refractivity contribution >= 4 is 34.8 Å². The van der Waals surface area contributed by atoms with Gasteiger partial charge in [0.2, 0.25) is 0 Å². The Morgan fingerprint density at radius 3 is 2.48 bits per heavy atom. The molecule has 1 amide bonds. The maximum absolute atomic E-state index is 13.1. The number of aryl methyl sites for hydroxylation is 1. The lowest BCUT2D eigenvalue weighted by atomic mass is 10.0. The van der Waals surface area contributed by atoms with Crippen LogP contribution in [0.2, 0.25) is 10.0 Å². The molecule has 2 aromatic carbocycles. The molecular formula is C18H12Cl2F3N3O. The van der Waals surface area contributed by atoms with Gasteiger partial charge in [-0.1, -0.05) is 47.5 Å². The van der Waals surface area contributed by atoms with Crippen LogP contribution < -0.4 is 5.32 Å². The molecule has 0 fully saturated rings. The first-order valence-electron chi connectivity index (χ1n) is 7.63. The molecule has 3 rings (SSSR count). The largest absolute Gasteiger partial charge is 0.435 e. The van der Waals surface area contributed by atoms with Gasteiger partial charge in [0.25, 0.3) is 5.91 Å². The number of nitrogens with one attached hydrogen (secondary N) is 1. The van der Waals surface area contributed by atoms with Crippen molar-refractivity contribution in [1.29, 1.82) is 0 Å². The Bertz CT molecular complexity index is 1020. The number of hydrogen-bond donors (Lipinski definition) is 1. The van der Waals surface area contributed by atoms with Crippen LogP contribution in [0.5, 0.6) is 0 Å². The summed E-state index contributed by atoms with van der Waals surface area (Å²) in [6.07, 6.45) is -3.71. The molecule has 1 aromatic heterocycles. The second kappa shape index (κ2) is 7.25. The highest BCUT2D eigenvalue weighted by molar-refractivity contribution is 6.42. The molecule has 0 radical (unpaired) electrons. The Morgan fingerprint density at radius 2 is 1.81 bits per heavy atom. The number of para-hydroxylation sites is 1. The number of carbonyl (C=O) groups excluding carboxylic acids is 1. The Labute approximate surface area is 162 Å². The van der Waals surface area contributed by atoms with E-state index >= 15 is 0 Å². The molecule has 140 valence electrons. The molecule has 0 saturated heterocycles. The monoisotopic (exact) mass is 413 g/mol. The molecule has 0 bridgehead atoms. The predicted molar refractivity (Wildman–Crippen MR) is 98.1 cm³/mol. The lowest BCUT2D eigenvalue weighted by Gasteiger charge is -2.12. The van der Waals surface area contributed by atoms with Crippen molar-refractivity contribution in [3.63, 3.8) is 0 Å². The summed E-state index contributed by atoms with van der Waals surface area (Å²) in [5.41, 5.74) is -0.231. The number of rotatable bonds is 3. The molecule has 4 nitrogen and oxygen atoms in total. The van der Waals surface area contributed by atoms with Crippen LogP contribution in [0.4, 0.5) is 18.9 Å². The van der Waals surface area contributed by atoms with Gasteiger partial charge in [0.05, 0.1) is 15.6 Å². The van der Waals surface area contributed by atoms with Crippen LogP contribution >= 0.6 is 23.2 Å². The van der Waals surface area contributed by atoms with E-state index in [1.165, 1.54) is 7.05 Å². The maximum Gasteiger partial charge on any atom is 0.435 e. The minimum Gasteiger partial charge on any atom is -0.321 e. The zero-order valence-electron chi connectivity index (χ0n) is 13.8. The molecule has 9 heteroatoms. The quantitative estimate of drug-likeness (QED) is 0.601. The van der Waals surface area contributed by atoms with Gasteiger partial charge in [-0.15, -0.1) is 0 Å². The van der Waals surface area contributed by atoms with Gasteiger partial charge in [0, 0.05) is 24.5 Å². The zero-order chi connectivity index (χ0) is 19.8. The average Bonchev–Trinajstić information content (AvgIpc) is 3.00. The van der Waals surface area contributed by atoms with Gasteiger partial charge in [0.1, 0.15) is 0 Å². The Hall–Kier alpha value is -2.51. The van der Waals surface area contributed by atoms with E-state index in [0.29, 0.717) is 26.9 Å². The summed E-state index contributed by atoms with van der Waals surface area (Å²) in [4.78, 5) is 12.5. The number of amides is 1. The number of hydrogen-bond acceptors (Lipinski definition) is 2. The van der Waals surface area contributed by atoms with E-state index in [0.717, 1.165) is 10.9 Å². The molecule has 0 atom stereocenters. The number of anilines is 1. The number of alkyl halides is 3. The highest BCUT2D eigenvalue weighted by Gasteiger charge is 2.39. The smallest absolute Gasteiger partial charge is 0.321 e. The second-order valence-electron chi connectivity index (χ2n) is 5.69. The second-order valence-corrected chi connectivity index (χ2v) is 6.51. The van der Waals surface area contributed by atoms with Gasteiger partial charge in [-0.2, -0.15) is 18.3 Å². The average molecular weight is 414 g/mol. The topological polar surface area (TPSA) is 46.9 Å². The first kappa shape index (κ1) is 19.3. The van der Waals surface area contributed by atoms with Crippen LogP contribution in [-0.4, -0.2) is 15.7 Å². The van der Waals surface area contributed by atoms with E-state index < -0.39 is 23.3 Å². The Balaban J connectivity index is 1.98. The standard InChI is InChI=1S/C18H12Cl2F3N3O/c1-26-9-12(16(25-26)18(21,22)23)17(27)24-15-5-3-2-4-11(15)10-6-7-13(19)14(20)8-10/h2-9H,1H3,(H,24,27). The zero-order valence-corrected chi connectivity index (χ0v) is 15.3. The van der Waals surface area contributed by atoms with Crippen molar-refractivity contribution in [2.24, 2.45) is 7.05 Å². The molecule has 1 heterocycles. The minimum atomic E-state index is -4.74. The van der Waals surface area contributed by atoms with Crippen LogP contribution in [-0.2, 0) is 13.2 Å². The molecule has 0 aliphatic carbocycles. The van der Waals surface area contributed by atoms with Crippen molar-refractivity contribution in [2.45, 2.75) is 6.18 Å². The summed E-state index contributed by atoms with van der Waals surface area (Å²) in [5.74, 6) is -0.914. The van der Waals surface area contributed by atoms with E-state index in [1.807, 2.05) is 0 Å².